The van der Waals surface area contributed by atoms with Crippen molar-refractivity contribution >= 4 is 24.0 Å². The Bertz CT molecular complexity index is 551. The molecule has 0 heterocycles. The molecule has 1 aromatic carbocycles. The second kappa shape index (κ2) is 8.98. The van der Waals surface area contributed by atoms with Gasteiger partial charge < -0.3 is 20.5 Å². The molecule has 0 aliphatic heterocycles. The Morgan fingerprint density at radius 2 is 1.92 bits per heavy atom. The van der Waals surface area contributed by atoms with Crippen molar-refractivity contribution in [2.45, 2.75) is 38.4 Å². The molecule has 0 saturated heterocycles. The Morgan fingerprint density at radius 1 is 1.29 bits per heavy atom. The molecule has 0 fully saturated rings. The largest absolute Gasteiger partial charge is 0.493 e. The molecule has 0 radical (unpaired) electrons. The van der Waals surface area contributed by atoms with Crippen molar-refractivity contribution in [1.82, 2.24) is 0 Å². The first-order chi connectivity index (χ1) is 10.6. The lowest BCUT2D eigenvalue weighted by Crippen LogP contribution is -2.48. The first kappa shape index (κ1) is 22.3. The van der Waals surface area contributed by atoms with Crippen molar-refractivity contribution in [3.8, 4) is 11.5 Å². The first-order valence-electron chi connectivity index (χ1n) is 7.07. The molecule has 9 heteroatoms. The second-order valence-corrected chi connectivity index (χ2v) is 5.39. The maximum atomic E-state index is 12.3. The molecule has 1 amide bonds. The lowest BCUT2D eigenvalue weighted by Gasteiger charge is -2.23. The highest BCUT2D eigenvalue weighted by molar-refractivity contribution is 5.97. The Labute approximate surface area is 145 Å². The van der Waals surface area contributed by atoms with Crippen LogP contribution >= 0.6 is 12.4 Å². The lowest BCUT2D eigenvalue weighted by atomic mass is 9.96. The average Bonchev–Trinajstić information content (AvgIpc) is 2.44. The predicted octanol–water partition coefficient (Wildman–Crippen LogP) is 3.51. The number of carbonyl (C=O) groups is 1. The molecule has 1 rings (SSSR count). The van der Waals surface area contributed by atoms with Crippen LogP contribution < -0.4 is 20.5 Å². The molecule has 0 aliphatic rings. The van der Waals surface area contributed by atoms with Crippen LogP contribution in [0.1, 0.15) is 26.7 Å². The molecule has 1 unspecified atom stereocenters. The summed E-state index contributed by atoms with van der Waals surface area (Å²) < 4.78 is 46.5. The summed E-state index contributed by atoms with van der Waals surface area (Å²) in [7, 11) is 1.31. The number of benzene rings is 1. The monoisotopic (exact) mass is 370 g/mol. The summed E-state index contributed by atoms with van der Waals surface area (Å²) in [6.45, 7) is 2.04. The highest BCUT2D eigenvalue weighted by Gasteiger charge is 2.30. The van der Waals surface area contributed by atoms with E-state index in [1.807, 2.05) is 6.92 Å². The van der Waals surface area contributed by atoms with Crippen molar-refractivity contribution in [2.24, 2.45) is 5.73 Å². The number of alkyl halides is 3. The molecule has 0 aliphatic carbocycles. The molecule has 24 heavy (non-hydrogen) atoms. The van der Waals surface area contributed by atoms with Crippen molar-refractivity contribution in [3.63, 3.8) is 0 Å². The summed E-state index contributed by atoms with van der Waals surface area (Å²) >= 11 is 0. The van der Waals surface area contributed by atoms with E-state index < -0.39 is 24.2 Å². The van der Waals surface area contributed by atoms with Gasteiger partial charge in [-0.1, -0.05) is 13.3 Å². The summed E-state index contributed by atoms with van der Waals surface area (Å²) in [4.78, 5) is 12.1. The van der Waals surface area contributed by atoms with Gasteiger partial charge in [-0.05, 0) is 25.5 Å². The first-order valence-corrected chi connectivity index (χ1v) is 7.07. The Kier molecular flexibility index (Phi) is 8.36. The van der Waals surface area contributed by atoms with E-state index in [1.165, 1.54) is 25.3 Å². The van der Waals surface area contributed by atoms with E-state index in [4.69, 9.17) is 15.2 Å². The SMILES string of the molecule is CCCC(C)(N)C(=O)Nc1ccc(OC)c(OCC(F)(F)F)c1.Cl. The molecule has 3 N–H and O–H groups in total. The second-order valence-electron chi connectivity index (χ2n) is 5.39. The zero-order chi connectivity index (χ0) is 17.7. The lowest BCUT2D eigenvalue weighted by molar-refractivity contribution is -0.153. The van der Waals surface area contributed by atoms with E-state index in [-0.39, 0.29) is 29.6 Å². The molecule has 0 spiro atoms. The topological polar surface area (TPSA) is 73.6 Å². The van der Waals surface area contributed by atoms with Crippen molar-refractivity contribution < 1.29 is 27.4 Å². The molecular weight excluding hydrogens is 349 g/mol. The van der Waals surface area contributed by atoms with Gasteiger partial charge >= 0.3 is 6.18 Å². The van der Waals surface area contributed by atoms with Gasteiger partial charge in [-0.25, -0.2) is 0 Å². The van der Waals surface area contributed by atoms with Gasteiger partial charge in [-0.3, -0.25) is 4.79 Å². The minimum atomic E-state index is -4.47. The number of hydrogen-bond acceptors (Lipinski definition) is 4. The van der Waals surface area contributed by atoms with Gasteiger partial charge in [0.15, 0.2) is 18.1 Å². The highest BCUT2D eigenvalue weighted by Crippen LogP contribution is 2.32. The van der Waals surface area contributed by atoms with Gasteiger partial charge in [0, 0.05) is 11.8 Å². The molecule has 0 aromatic heterocycles. The summed E-state index contributed by atoms with van der Waals surface area (Å²) in [6.07, 6.45) is -3.27. The third-order valence-corrected chi connectivity index (χ3v) is 3.10. The molecule has 0 bridgehead atoms. The van der Waals surface area contributed by atoms with Crippen LogP contribution in [0.25, 0.3) is 0 Å². The minimum absolute atomic E-state index is 0. The van der Waals surface area contributed by atoms with Crippen LogP contribution in [0.4, 0.5) is 18.9 Å². The van der Waals surface area contributed by atoms with E-state index in [0.29, 0.717) is 6.42 Å². The third-order valence-electron chi connectivity index (χ3n) is 3.10. The standard InChI is InChI=1S/C15H21F3N2O3.ClH/c1-4-7-14(2,19)13(21)20-10-5-6-11(22-3)12(8-10)23-9-15(16,17)18;/h5-6,8H,4,7,9,19H2,1-3H3,(H,20,21);1H. The van der Waals surface area contributed by atoms with Crippen LogP contribution in [0, 0.1) is 0 Å². The minimum Gasteiger partial charge on any atom is -0.493 e. The molecule has 1 atom stereocenters. The molecule has 5 nitrogen and oxygen atoms in total. The zero-order valence-corrected chi connectivity index (χ0v) is 14.5. The van der Waals surface area contributed by atoms with Crippen LogP contribution in [0.2, 0.25) is 0 Å². The number of ether oxygens (including phenoxy) is 2. The van der Waals surface area contributed by atoms with E-state index in [2.05, 4.69) is 5.32 Å². The van der Waals surface area contributed by atoms with Gasteiger partial charge in [0.1, 0.15) is 0 Å². The van der Waals surface area contributed by atoms with Gasteiger partial charge in [-0.2, -0.15) is 13.2 Å². The number of carbonyl (C=O) groups excluding carboxylic acids is 1. The van der Waals surface area contributed by atoms with E-state index >= 15 is 0 Å². The maximum Gasteiger partial charge on any atom is 0.422 e. The number of halogens is 4. The number of nitrogens with two attached hydrogens (primary N) is 1. The zero-order valence-electron chi connectivity index (χ0n) is 13.7. The van der Waals surface area contributed by atoms with Crippen LogP contribution in [0.3, 0.4) is 0 Å². The summed E-state index contributed by atoms with van der Waals surface area (Å²) in [5.41, 5.74) is 5.12. The smallest absolute Gasteiger partial charge is 0.422 e. The van der Waals surface area contributed by atoms with Gasteiger partial charge in [0.2, 0.25) is 5.91 Å². The fraction of sp³-hybridized carbons (Fsp3) is 0.533. The Hall–Kier alpha value is -1.67. The Morgan fingerprint density at radius 3 is 2.42 bits per heavy atom. The van der Waals surface area contributed by atoms with Crippen LogP contribution in [-0.4, -0.2) is 31.3 Å². The molecule has 0 saturated carbocycles. The fourth-order valence-electron chi connectivity index (χ4n) is 1.93. The molecule has 138 valence electrons. The van der Waals surface area contributed by atoms with Crippen LogP contribution in [0.5, 0.6) is 11.5 Å². The van der Waals surface area contributed by atoms with Gasteiger partial charge in [-0.15, -0.1) is 12.4 Å². The molecule has 1 aromatic rings. The van der Waals surface area contributed by atoms with Crippen molar-refractivity contribution in [3.05, 3.63) is 18.2 Å². The third kappa shape index (κ3) is 6.84. The summed E-state index contributed by atoms with van der Waals surface area (Å²) in [5, 5.41) is 2.58. The number of hydrogen-bond donors (Lipinski definition) is 2. The summed E-state index contributed by atoms with van der Waals surface area (Å²) in [5.74, 6) is -0.403. The molecular formula is C15H22ClF3N2O3. The van der Waals surface area contributed by atoms with Crippen LogP contribution in [0.15, 0.2) is 18.2 Å². The highest BCUT2D eigenvalue weighted by atomic mass is 35.5. The number of nitrogens with one attached hydrogen (secondary N) is 1. The van der Waals surface area contributed by atoms with Gasteiger partial charge in [0.25, 0.3) is 0 Å². The van der Waals surface area contributed by atoms with Crippen LogP contribution in [-0.2, 0) is 4.79 Å². The van der Waals surface area contributed by atoms with Crippen molar-refractivity contribution in [2.75, 3.05) is 19.0 Å². The normalized spacial score (nSPS) is 13.5. The Balaban J connectivity index is 0.00000529. The maximum absolute atomic E-state index is 12.3. The number of methoxy groups -OCH3 is 1. The summed E-state index contributed by atoms with van der Waals surface area (Å²) in [6, 6.07) is 4.18. The van der Waals surface area contributed by atoms with E-state index in [0.717, 1.165) is 6.42 Å². The van der Waals surface area contributed by atoms with E-state index in [9.17, 15) is 18.0 Å². The number of rotatable bonds is 7. The van der Waals surface area contributed by atoms with Crippen molar-refractivity contribution in [1.29, 1.82) is 0 Å². The van der Waals surface area contributed by atoms with E-state index in [1.54, 1.807) is 6.92 Å². The average molecular weight is 371 g/mol. The number of amides is 1. The fourth-order valence-corrected chi connectivity index (χ4v) is 1.93. The predicted molar refractivity (Wildman–Crippen MR) is 87.9 cm³/mol. The van der Waals surface area contributed by atoms with Gasteiger partial charge in [0.05, 0.1) is 12.6 Å². The quantitative estimate of drug-likeness (QED) is 0.770. The number of anilines is 1.